The van der Waals surface area contributed by atoms with Crippen LogP contribution in [0.2, 0.25) is 0 Å². The van der Waals surface area contributed by atoms with Crippen LogP contribution in [-0.4, -0.2) is 10.2 Å². The Morgan fingerprint density at radius 2 is 1.71 bits per heavy atom. The molecule has 0 aliphatic carbocycles. The normalized spacial score (nSPS) is 11.9. The predicted octanol–water partition coefficient (Wildman–Crippen LogP) is 4.28. The molecule has 0 amide bonds. The first kappa shape index (κ1) is 18.3. The fraction of sp³-hybridized carbons (Fsp3) is 0.211. The summed E-state index contributed by atoms with van der Waals surface area (Å²) in [6, 6.07) is 17.8. The van der Waals surface area contributed by atoms with Crippen LogP contribution in [0, 0.1) is 23.7 Å². The van der Waals surface area contributed by atoms with Crippen LogP contribution in [-0.2, 0) is 18.0 Å². The molecule has 0 unspecified atom stereocenters. The van der Waals surface area contributed by atoms with Gasteiger partial charge in [-0.2, -0.15) is 10.3 Å². The first-order valence-electron chi connectivity index (χ1n) is 7.47. The summed E-state index contributed by atoms with van der Waals surface area (Å²) in [4.78, 5) is 5.35. The summed E-state index contributed by atoms with van der Waals surface area (Å²) in [5, 5.41) is 17.3. The summed E-state index contributed by atoms with van der Waals surface area (Å²) in [7, 11) is 0. The topological polar surface area (TPSA) is 60.0 Å². The molecule has 3 nitrogen and oxygen atoms in total. The molecule has 24 heavy (non-hydrogen) atoms. The molecule has 0 atom stereocenters. The number of nitrogens with one attached hydrogen (secondary N) is 1. The monoisotopic (exact) mass is 354 g/mol. The van der Waals surface area contributed by atoms with Gasteiger partial charge < -0.3 is 0 Å². The Morgan fingerprint density at radius 1 is 1.12 bits per heavy atom. The van der Waals surface area contributed by atoms with Crippen molar-refractivity contribution >= 4 is 34.6 Å². The highest BCUT2D eigenvalue weighted by Gasteiger charge is 2.19. The number of aryl methyl sites for hydroxylation is 1. The number of nitriles is 1. The van der Waals surface area contributed by atoms with Gasteiger partial charge in [0.15, 0.2) is 5.84 Å². The van der Waals surface area contributed by atoms with E-state index >= 15 is 0 Å². The van der Waals surface area contributed by atoms with E-state index in [1.165, 1.54) is 17.3 Å². The number of thioether (sulfide) groups is 1. The molecule has 5 heteroatoms. The minimum Gasteiger partial charge on any atom is -0.282 e. The molecule has 0 aliphatic heterocycles. The van der Waals surface area contributed by atoms with Crippen molar-refractivity contribution in [2.75, 3.05) is 0 Å². The highest BCUT2D eigenvalue weighted by Crippen LogP contribution is 2.23. The van der Waals surface area contributed by atoms with Crippen molar-refractivity contribution in [2.24, 2.45) is 4.99 Å². The molecule has 0 aromatic heterocycles. The number of nitrogens with zero attached hydrogens (tertiary/aromatic N) is 2. The van der Waals surface area contributed by atoms with E-state index in [-0.39, 0.29) is 5.84 Å². The lowest BCUT2D eigenvalue weighted by Crippen LogP contribution is -2.13. The van der Waals surface area contributed by atoms with Gasteiger partial charge in [-0.25, -0.2) is 0 Å². The molecule has 1 N–H and O–H groups in total. The Labute approximate surface area is 152 Å². The maximum atomic E-state index is 9.18. The first-order chi connectivity index (χ1) is 11.3. The zero-order chi connectivity index (χ0) is 17.7. The van der Waals surface area contributed by atoms with Gasteiger partial charge in [-0.3, -0.25) is 5.41 Å². The second-order valence-corrected chi connectivity index (χ2v) is 7.89. The SMILES string of the molecule is Cc1ccc(SC([SH2+])=NC(=N)c2ccc(C(C)(C)C#N)cc2)cc1. The van der Waals surface area contributed by atoms with E-state index in [1.807, 2.05) is 69.3 Å². The first-order valence-corrected chi connectivity index (χ1v) is 8.79. The van der Waals surface area contributed by atoms with Gasteiger partial charge in [0.1, 0.15) is 0 Å². The molecule has 2 aromatic rings. The van der Waals surface area contributed by atoms with E-state index in [4.69, 9.17) is 5.41 Å². The third-order valence-corrected chi connectivity index (χ3v) is 4.82. The van der Waals surface area contributed by atoms with Gasteiger partial charge in [0.25, 0.3) is 4.38 Å². The largest absolute Gasteiger partial charge is 0.284 e. The lowest BCUT2D eigenvalue weighted by molar-refractivity contribution is 0.687. The molecule has 0 radical (unpaired) electrons. The van der Waals surface area contributed by atoms with E-state index in [2.05, 4.69) is 23.7 Å². The summed E-state index contributed by atoms with van der Waals surface area (Å²) < 4.78 is 0.630. The van der Waals surface area contributed by atoms with Crippen molar-refractivity contribution in [3.8, 4) is 6.07 Å². The fourth-order valence-electron chi connectivity index (χ4n) is 2.02. The third kappa shape index (κ3) is 4.73. The van der Waals surface area contributed by atoms with Gasteiger partial charge in [-0.15, -0.1) is 0 Å². The highest BCUT2D eigenvalue weighted by atomic mass is 32.2. The van der Waals surface area contributed by atoms with Crippen LogP contribution in [0.1, 0.15) is 30.5 Å². The molecule has 2 rings (SSSR count). The standard InChI is InChI=1S/C19H19N3S2/c1-13-4-10-16(11-5-13)24-18(23)22-17(21)14-6-8-15(9-7-14)19(2,3)12-20/h4-11H,1-3H3,(H2,21,22,23)/p+1. The Hall–Kier alpha value is -2.03. The van der Waals surface area contributed by atoms with E-state index < -0.39 is 5.41 Å². The van der Waals surface area contributed by atoms with E-state index in [0.717, 1.165) is 10.5 Å². The zero-order valence-corrected chi connectivity index (χ0v) is 15.7. The number of hydrogen-bond donors (Lipinski definition) is 1. The molecule has 0 bridgehead atoms. The summed E-state index contributed by atoms with van der Waals surface area (Å²) in [6.07, 6.45) is 0. The molecule has 122 valence electrons. The molecule has 0 saturated carbocycles. The fourth-order valence-corrected chi connectivity index (χ4v) is 3.11. The van der Waals surface area contributed by atoms with Crippen molar-refractivity contribution in [3.05, 3.63) is 65.2 Å². The maximum absolute atomic E-state index is 9.18. The smallest absolute Gasteiger partial charge is 0.282 e. The third-order valence-electron chi connectivity index (χ3n) is 3.61. The zero-order valence-electron chi connectivity index (χ0n) is 13.9. The molecule has 0 aliphatic rings. The van der Waals surface area contributed by atoms with Gasteiger partial charge >= 0.3 is 0 Å². The van der Waals surface area contributed by atoms with Crippen LogP contribution in [0.15, 0.2) is 58.4 Å². The van der Waals surface area contributed by atoms with Crippen molar-refractivity contribution in [1.29, 1.82) is 10.7 Å². The van der Waals surface area contributed by atoms with E-state index in [1.54, 1.807) is 0 Å². The number of aliphatic imine (C=N–C) groups is 1. The Balaban J connectivity index is 2.11. The Bertz CT molecular complexity index is 798. The molecule has 0 saturated heterocycles. The van der Waals surface area contributed by atoms with Gasteiger partial charge in [0.2, 0.25) is 0 Å². The minimum absolute atomic E-state index is 0.181. The predicted molar refractivity (Wildman–Crippen MR) is 107 cm³/mol. The molecule has 0 fully saturated rings. The van der Waals surface area contributed by atoms with Crippen molar-refractivity contribution in [2.45, 2.75) is 31.1 Å². The molecule has 0 heterocycles. The number of benzene rings is 2. The number of rotatable bonds is 3. The van der Waals surface area contributed by atoms with E-state index in [0.29, 0.717) is 9.94 Å². The van der Waals surface area contributed by atoms with Crippen LogP contribution in [0.3, 0.4) is 0 Å². The maximum Gasteiger partial charge on any atom is 0.284 e. The minimum atomic E-state index is -0.536. The number of hydrogen-bond acceptors (Lipinski definition) is 3. The summed E-state index contributed by atoms with van der Waals surface area (Å²) >= 11 is 4.94. The Morgan fingerprint density at radius 3 is 2.25 bits per heavy atom. The Kier molecular flexibility index (Phi) is 5.87. The molecule has 0 spiro atoms. The van der Waals surface area contributed by atoms with Crippen molar-refractivity contribution < 1.29 is 0 Å². The quantitative estimate of drug-likeness (QED) is 0.387. The summed E-state index contributed by atoms with van der Waals surface area (Å²) in [5.41, 5.74) is 2.32. The van der Waals surface area contributed by atoms with Gasteiger partial charge in [-0.1, -0.05) is 42.0 Å². The number of amidine groups is 1. The lowest BCUT2D eigenvalue weighted by atomic mass is 9.86. The average Bonchev–Trinajstić information content (AvgIpc) is 2.57. The van der Waals surface area contributed by atoms with Crippen molar-refractivity contribution in [1.82, 2.24) is 0 Å². The second-order valence-electron chi connectivity index (χ2n) is 5.99. The van der Waals surface area contributed by atoms with Gasteiger partial charge in [0, 0.05) is 23.1 Å². The lowest BCUT2D eigenvalue weighted by Gasteiger charge is -2.15. The molecular formula is C19H20N3S2+. The van der Waals surface area contributed by atoms with Gasteiger partial charge in [-0.05, 0) is 50.2 Å². The van der Waals surface area contributed by atoms with Crippen LogP contribution in [0.25, 0.3) is 0 Å². The summed E-state index contributed by atoms with van der Waals surface area (Å²) in [6.45, 7) is 5.80. The average molecular weight is 355 g/mol. The molecule has 2 aromatic carbocycles. The highest BCUT2D eigenvalue weighted by molar-refractivity contribution is 8.27. The van der Waals surface area contributed by atoms with Crippen LogP contribution in [0.5, 0.6) is 0 Å². The second kappa shape index (κ2) is 7.69. The summed E-state index contributed by atoms with van der Waals surface area (Å²) in [5.74, 6) is 0.181. The van der Waals surface area contributed by atoms with Crippen LogP contribution >= 0.6 is 11.8 Å². The van der Waals surface area contributed by atoms with Crippen molar-refractivity contribution in [3.63, 3.8) is 0 Å². The molecular weight excluding hydrogens is 334 g/mol. The van der Waals surface area contributed by atoms with Crippen LogP contribution < -0.4 is 0 Å². The van der Waals surface area contributed by atoms with Gasteiger partial charge in [0.05, 0.1) is 11.5 Å². The van der Waals surface area contributed by atoms with Crippen LogP contribution in [0.4, 0.5) is 0 Å². The van der Waals surface area contributed by atoms with E-state index in [9.17, 15) is 5.26 Å².